The Hall–Kier alpha value is -3.52. The summed E-state index contributed by atoms with van der Waals surface area (Å²) in [5, 5.41) is 11.0. The van der Waals surface area contributed by atoms with E-state index in [1.165, 1.54) is 0 Å². The second kappa shape index (κ2) is 8.46. The Bertz CT molecular complexity index is 1060. The van der Waals surface area contributed by atoms with Gasteiger partial charge in [0, 0.05) is 12.2 Å². The van der Waals surface area contributed by atoms with Crippen LogP contribution in [0.25, 0.3) is 5.69 Å². The molecule has 1 fully saturated rings. The van der Waals surface area contributed by atoms with Gasteiger partial charge in [-0.15, -0.1) is 5.10 Å². The average molecular weight is 404 g/mol. The molecule has 0 bridgehead atoms. The van der Waals surface area contributed by atoms with Crippen LogP contribution in [0, 0.1) is 6.92 Å². The van der Waals surface area contributed by atoms with Crippen LogP contribution in [0.5, 0.6) is 0 Å². The van der Waals surface area contributed by atoms with Crippen LogP contribution in [0.1, 0.15) is 34.5 Å². The summed E-state index contributed by atoms with van der Waals surface area (Å²) in [6.45, 7) is 3.36. The molecule has 3 aromatic rings. The molecule has 1 saturated heterocycles. The van der Waals surface area contributed by atoms with Crippen molar-refractivity contribution in [2.75, 3.05) is 11.9 Å². The molecule has 30 heavy (non-hydrogen) atoms. The van der Waals surface area contributed by atoms with Crippen molar-refractivity contribution < 1.29 is 9.59 Å². The minimum atomic E-state index is -0.339. The van der Waals surface area contributed by atoms with Gasteiger partial charge in [0.1, 0.15) is 0 Å². The molecule has 2 heterocycles. The molecule has 0 spiro atoms. The maximum Gasteiger partial charge on any atom is 0.277 e. The van der Waals surface area contributed by atoms with E-state index in [-0.39, 0.29) is 23.6 Å². The fourth-order valence-electron chi connectivity index (χ4n) is 3.71. The summed E-state index contributed by atoms with van der Waals surface area (Å²) in [5.41, 5.74) is 9.33. The summed E-state index contributed by atoms with van der Waals surface area (Å²) in [5.74, 6) is -0.643. The monoisotopic (exact) mass is 404 g/mol. The molecular formula is C22H24N6O2. The van der Waals surface area contributed by atoms with Crippen molar-refractivity contribution in [3.05, 3.63) is 71.5 Å². The number of hydrogen-bond donors (Lipinski definition) is 2. The predicted octanol–water partition coefficient (Wildman–Crippen LogP) is 2.28. The standard InChI is InChI=1S/C22H24N6O2/c1-15-8-10-17(11-9-15)28-14-19(25-26-28)22(30)24-18-6-3-2-5-16(18)13-27-12-4-7-20(27)21(23)29/h2-3,5-6,8-11,14,20H,4,7,12-13H2,1H3,(H2,23,29)(H,24,30). The van der Waals surface area contributed by atoms with Crippen molar-refractivity contribution in [3.8, 4) is 5.69 Å². The van der Waals surface area contributed by atoms with E-state index in [0.717, 1.165) is 36.2 Å². The van der Waals surface area contributed by atoms with Gasteiger partial charge in [0.05, 0.1) is 17.9 Å². The third-order valence-corrected chi connectivity index (χ3v) is 5.36. The zero-order chi connectivity index (χ0) is 21.1. The maximum absolute atomic E-state index is 12.8. The summed E-state index contributed by atoms with van der Waals surface area (Å²) < 4.78 is 1.57. The van der Waals surface area contributed by atoms with E-state index < -0.39 is 0 Å². The number of carbonyl (C=O) groups excluding carboxylic acids is 2. The number of carbonyl (C=O) groups is 2. The van der Waals surface area contributed by atoms with Crippen LogP contribution in [0.3, 0.4) is 0 Å². The van der Waals surface area contributed by atoms with Gasteiger partial charge in [-0.2, -0.15) is 0 Å². The highest BCUT2D eigenvalue weighted by molar-refractivity contribution is 6.03. The summed E-state index contributed by atoms with van der Waals surface area (Å²) >= 11 is 0. The van der Waals surface area contributed by atoms with E-state index in [1.54, 1.807) is 10.9 Å². The van der Waals surface area contributed by atoms with Gasteiger partial charge < -0.3 is 11.1 Å². The molecule has 8 heteroatoms. The Morgan fingerprint density at radius 2 is 1.93 bits per heavy atom. The molecule has 1 aliphatic rings. The molecule has 4 rings (SSSR count). The van der Waals surface area contributed by atoms with Gasteiger partial charge in [0.2, 0.25) is 5.91 Å². The molecule has 2 amide bonds. The maximum atomic E-state index is 12.8. The molecular weight excluding hydrogens is 380 g/mol. The van der Waals surface area contributed by atoms with Crippen LogP contribution in [0.15, 0.2) is 54.7 Å². The molecule has 1 atom stereocenters. The largest absolute Gasteiger partial charge is 0.368 e. The van der Waals surface area contributed by atoms with Gasteiger partial charge in [-0.3, -0.25) is 14.5 Å². The SMILES string of the molecule is Cc1ccc(-n2cc(C(=O)Nc3ccccc3CN3CCCC3C(N)=O)nn2)cc1. The number of aryl methyl sites for hydroxylation is 1. The first kappa shape index (κ1) is 19.8. The Labute approximate surface area is 174 Å². The summed E-state index contributed by atoms with van der Waals surface area (Å²) in [4.78, 5) is 26.5. The van der Waals surface area contributed by atoms with Gasteiger partial charge in [-0.1, -0.05) is 41.1 Å². The fraction of sp³-hybridized carbons (Fsp3) is 0.273. The first-order valence-electron chi connectivity index (χ1n) is 9.93. The second-order valence-electron chi connectivity index (χ2n) is 7.53. The average Bonchev–Trinajstić information content (AvgIpc) is 3.40. The summed E-state index contributed by atoms with van der Waals surface area (Å²) in [6.07, 6.45) is 3.31. The van der Waals surface area contributed by atoms with Crippen LogP contribution < -0.4 is 11.1 Å². The number of amides is 2. The van der Waals surface area contributed by atoms with Crippen molar-refractivity contribution in [1.29, 1.82) is 0 Å². The molecule has 1 aliphatic heterocycles. The Balaban J connectivity index is 1.49. The molecule has 8 nitrogen and oxygen atoms in total. The van der Waals surface area contributed by atoms with E-state index in [2.05, 4.69) is 20.5 Å². The number of likely N-dealkylation sites (tertiary alicyclic amines) is 1. The van der Waals surface area contributed by atoms with Crippen LogP contribution >= 0.6 is 0 Å². The van der Waals surface area contributed by atoms with Gasteiger partial charge in [0.15, 0.2) is 5.69 Å². The zero-order valence-corrected chi connectivity index (χ0v) is 16.8. The van der Waals surface area contributed by atoms with Crippen molar-refractivity contribution >= 4 is 17.5 Å². The lowest BCUT2D eigenvalue weighted by molar-refractivity contribution is -0.122. The van der Waals surface area contributed by atoms with E-state index in [4.69, 9.17) is 5.73 Å². The molecule has 3 N–H and O–H groups in total. The first-order chi connectivity index (χ1) is 14.5. The number of hydrogen-bond acceptors (Lipinski definition) is 5. The normalized spacial score (nSPS) is 16.5. The lowest BCUT2D eigenvalue weighted by atomic mass is 10.1. The number of nitrogens with zero attached hydrogens (tertiary/aromatic N) is 4. The first-order valence-corrected chi connectivity index (χ1v) is 9.93. The third-order valence-electron chi connectivity index (χ3n) is 5.36. The molecule has 1 aromatic heterocycles. The number of aromatic nitrogens is 3. The molecule has 2 aromatic carbocycles. The highest BCUT2D eigenvalue weighted by atomic mass is 16.2. The highest BCUT2D eigenvalue weighted by Gasteiger charge is 2.29. The van der Waals surface area contributed by atoms with E-state index in [0.29, 0.717) is 12.2 Å². The second-order valence-corrected chi connectivity index (χ2v) is 7.53. The van der Waals surface area contributed by atoms with Crippen molar-refractivity contribution in [3.63, 3.8) is 0 Å². The Kier molecular flexibility index (Phi) is 5.58. The smallest absolute Gasteiger partial charge is 0.277 e. The number of anilines is 1. The molecule has 0 aliphatic carbocycles. The van der Waals surface area contributed by atoms with Crippen LogP contribution in [0.2, 0.25) is 0 Å². The lowest BCUT2D eigenvalue weighted by Gasteiger charge is -2.23. The van der Waals surface area contributed by atoms with Crippen molar-refractivity contribution in [1.82, 2.24) is 19.9 Å². The number of rotatable bonds is 6. The highest BCUT2D eigenvalue weighted by Crippen LogP contribution is 2.24. The minimum absolute atomic E-state index is 0.224. The molecule has 1 unspecified atom stereocenters. The number of benzene rings is 2. The number of primary amides is 1. The van der Waals surface area contributed by atoms with Crippen molar-refractivity contribution in [2.24, 2.45) is 5.73 Å². The van der Waals surface area contributed by atoms with Gasteiger partial charge in [-0.25, -0.2) is 4.68 Å². The number of nitrogens with two attached hydrogens (primary N) is 1. The Morgan fingerprint density at radius 1 is 1.17 bits per heavy atom. The summed E-state index contributed by atoms with van der Waals surface area (Å²) in [6, 6.07) is 15.1. The number of nitrogens with one attached hydrogen (secondary N) is 1. The van der Waals surface area contributed by atoms with Crippen LogP contribution in [-0.2, 0) is 11.3 Å². The topological polar surface area (TPSA) is 106 Å². The lowest BCUT2D eigenvalue weighted by Crippen LogP contribution is -2.39. The fourth-order valence-corrected chi connectivity index (χ4v) is 3.71. The van der Waals surface area contributed by atoms with Gasteiger partial charge in [0.25, 0.3) is 5.91 Å². The van der Waals surface area contributed by atoms with Crippen LogP contribution in [-0.4, -0.2) is 44.3 Å². The molecule has 0 saturated carbocycles. The van der Waals surface area contributed by atoms with E-state index in [9.17, 15) is 9.59 Å². The Morgan fingerprint density at radius 3 is 2.70 bits per heavy atom. The number of para-hydroxylation sites is 1. The quantitative estimate of drug-likeness (QED) is 0.656. The van der Waals surface area contributed by atoms with Crippen LogP contribution in [0.4, 0.5) is 5.69 Å². The zero-order valence-electron chi connectivity index (χ0n) is 16.8. The van der Waals surface area contributed by atoms with Gasteiger partial charge >= 0.3 is 0 Å². The van der Waals surface area contributed by atoms with Gasteiger partial charge in [-0.05, 0) is 50.1 Å². The third kappa shape index (κ3) is 4.23. The predicted molar refractivity (Wildman–Crippen MR) is 113 cm³/mol. The minimum Gasteiger partial charge on any atom is -0.368 e. The molecule has 154 valence electrons. The summed E-state index contributed by atoms with van der Waals surface area (Å²) in [7, 11) is 0. The molecule has 0 radical (unpaired) electrons. The van der Waals surface area contributed by atoms with E-state index >= 15 is 0 Å². The van der Waals surface area contributed by atoms with Crippen molar-refractivity contribution in [2.45, 2.75) is 32.4 Å². The van der Waals surface area contributed by atoms with E-state index in [1.807, 2.05) is 55.5 Å².